The van der Waals surface area contributed by atoms with E-state index >= 15 is 0 Å². The molecule has 3 aliphatic heterocycles. The highest BCUT2D eigenvalue weighted by atomic mass is 79.9. The number of aliphatic hydroxyl groups excluding tert-OH is 1. The number of hydrogen-bond donors (Lipinski definition) is 2. The fraction of sp³-hybridized carbons (Fsp3) is 0.724. The standard InChI is InChI=1S/C29H44BrN3O7/c1-5-8-12-21(35)31-18-19(4)39-28(38)22-23-26(36)33(15-10-11-16-34)25(29(23)17-20(30)24(22)40-29)27(37)32(13-7-3)14-9-6-2/h5,7,19-20,22-25,34H,1,3,6,8-18H2,2,4H3,(H,31,35)/t19-,20?,22-,23+,24-,25-,29+/m0/s1. The van der Waals surface area contributed by atoms with Crippen LogP contribution >= 0.6 is 15.9 Å². The molecule has 3 saturated heterocycles. The van der Waals surface area contributed by atoms with E-state index in [1.54, 1.807) is 28.9 Å². The SMILES string of the molecule is C=CCCC(=O)NC[C@H](C)OC(=O)[C@@H]1[C@H]2O[C@@]3(CC2Br)[C@H](C(=O)N(CC=C)CCCC)N(CCCCO)C(=O)[C@@H]13. The van der Waals surface area contributed by atoms with Gasteiger partial charge in [0.05, 0.1) is 24.5 Å². The van der Waals surface area contributed by atoms with Gasteiger partial charge in [-0.1, -0.05) is 41.4 Å². The summed E-state index contributed by atoms with van der Waals surface area (Å²) in [6.45, 7) is 12.4. The molecule has 3 fully saturated rings. The number of likely N-dealkylation sites (tertiary alicyclic amines) is 1. The van der Waals surface area contributed by atoms with E-state index in [0.717, 1.165) is 12.8 Å². The van der Waals surface area contributed by atoms with Gasteiger partial charge in [-0.2, -0.15) is 0 Å². The second kappa shape index (κ2) is 14.6. The summed E-state index contributed by atoms with van der Waals surface area (Å²) in [5.74, 6) is -2.97. The van der Waals surface area contributed by atoms with Crippen molar-refractivity contribution >= 4 is 39.6 Å². The first kappa shape index (κ1) is 32.3. The van der Waals surface area contributed by atoms with Crippen molar-refractivity contribution in [1.29, 1.82) is 0 Å². The first-order valence-electron chi connectivity index (χ1n) is 14.4. The van der Waals surface area contributed by atoms with E-state index in [4.69, 9.17) is 9.47 Å². The van der Waals surface area contributed by atoms with Crippen LogP contribution in [0.25, 0.3) is 0 Å². The maximum Gasteiger partial charge on any atom is 0.312 e. The molecule has 3 amide bonds. The second-order valence-corrected chi connectivity index (χ2v) is 12.1. The molecule has 3 aliphatic rings. The molecule has 0 radical (unpaired) electrons. The first-order chi connectivity index (χ1) is 19.2. The van der Waals surface area contributed by atoms with Crippen LogP contribution in [0, 0.1) is 11.8 Å². The number of hydrogen-bond acceptors (Lipinski definition) is 7. The fourth-order valence-electron chi connectivity index (χ4n) is 6.18. The summed E-state index contributed by atoms with van der Waals surface area (Å²) in [6.07, 6.45) is 6.09. The molecular weight excluding hydrogens is 582 g/mol. The molecule has 40 heavy (non-hydrogen) atoms. The number of rotatable bonds is 17. The highest BCUT2D eigenvalue weighted by Crippen LogP contribution is 2.60. The lowest BCUT2D eigenvalue weighted by atomic mass is 9.70. The third kappa shape index (κ3) is 6.62. The number of carbonyl (C=O) groups is 4. The molecule has 3 heterocycles. The molecule has 0 aliphatic carbocycles. The van der Waals surface area contributed by atoms with Crippen molar-refractivity contribution in [2.24, 2.45) is 11.8 Å². The summed E-state index contributed by atoms with van der Waals surface area (Å²) in [5, 5.41) is 12.1. The Balaban J connectivity index is 1.86. The molecule has 2 N–H and O–H groups in total. The molecular formula is C29H44BrN3O7. The summed E-state index contributed by atoms with van der Waals surface area (Å²) < 4.78 is 12.2. The number of ether oxygens (including phenoxy) is 2. The highest BCUT2D eigenvalue weighted by molar-refractivity contribution is 9.09. The summed E-state index contributed by atoms with van der Waals surface area (Å²) in [7, 11) is 0. The van der Waals surface area contributed by atoms with Crippen molar-refractivity contribution in [1.82, 2.24) is 15.1 Å². The lowest BCUT2D eigenvalue weighted by molar-refractivity contribution is -0.159. The van der Waals surface area contributed by atoms with Crippen molar-refractivity contribution in [3.8, 4) is 0 Å². The van der Waals surface area contributed by atoms with Gasteiger partial charge in [0.15, 0.2) is 0 Å². The minimum atomic E-state index is -1.16. The highest BCUT2D eigenvalue weighted by Gasteiger charge is 2.77. The molecule has 10 nitrogen and oxygen atoms in total. The number of nitrogens with zero attached hydrogens (tertiary/aromatic N) is 2. The number of allylic oxidation sites excluding steroid dienone is 1. The Kier molecular flexibility index (Phi) is 11.8. The summed E-state index contributed by atoms with van der Waals surface area (Å²) in [6, 6.07) is -0.884. The average Bonchev–Trinajstić information content (AvgIpc) is 3.51. The van der Waals surface area contributed by atoms with Crippen LogP contribution in [0.2, 0.25) is 0 Å². The zero-order chi connectivity index (χ0) is 29.4. The van der Waals surface area contributed by atoms with E-state index < -0.39 is 41.7 Å². The van der Waals surface area contributed by atoms with Crippen LogP contribution in [0.1, 0.15) is 58.8 Å². The molecule has 1 unspecified atom stereocenters. The van der Waals surface area contributed by atoms with Gasteiger partial charge in [-0.3, -0.25) is 19.2 Å². The lowest BCUT2D eigenvalue weighted by Gasteiger charge is -2.37. The topological polar surface area (TPSA) is 125 Å². The quantitative estimate of drug-likeness (QED) is 0.110. The number of nitrogens with one attached hydrogen (secondary N) is 1. The van der Waals surface area contributed by atoms with Crippen LogP contribution < -0.4 is 5.32 Å². The normalized spacial score (nSPS) is 29.1. The van der Waals surface area contributed by atoms with Crippen LogP contribution in [-0.4, -0.2) is 100 Å². The van der Waals surface area contributed by atoms with E-state index in [2.05, 4.69) is 34.4 Å². The van der Waals surface area contributed by atoms with Crippen molar-refractivity contribution in [2.45, 2.75) is 87.5 Å². The number of fused-ring (bicyclic) bond motifs is 1. The Morgan fingerprint density at radius 1 is 1.30 bits per heavy atom. The Morgan fingerprint density at radius 3 is 2.70 bits per heavy atom. The summed E-state index contributed by atoms with van der Waals surface area (Å²) in [5.41, 5.74) is -1.16. The molecule has 1 spiro atoms. The van der Waals surface area contributed by atoms with Gasteiger partial charge < -0.3 is 29.7 Å². The van der Waals surface area contributed by atoms with E-state index in [1.807, 2.05) is 6.92 Å². The van der Waals surface area contributed by atoms with Crippen LogP contribution in [0.5, 0.6) is 0 Å². The van der Waals surface area contributed by atoms with Crippen molar-refractivity contribution < 1.29 is 33.8 Å². The first-order valence-corrected chi connectivity index (χ1v) is 15.3. The van der Waals surface area contributed by atoms with Gasteiger partial charge in [0.1, 0.15) is 17.7 Å². The van der Waals surface area contributed by atoms with Crippen molar-refractivity contribution in [3.63, 3.8) is 0 Å². The van der Waals surface area contributed by atoms with Crippen LogP contribution in [0.4, 0.5) is 0 Å². The molecule has 0 aromatic heterocycles. The number of esters is 1. The molecule has 11 heteroatoms. The van der Waals surface area contributed by atoms with Crippen molar-refractivity contribution in [2.75, 3.05) is 32.8 Å². The number of halogens is 1. The third-order valence-electron chi connectivity index (χ3n) is 8.02. The maximum atomic E-state index is 14.1. The van der Waals surface area contributed by atoms with E-state index in [0.29, 0.717) is 45.2 Å². The van der Waals surface area contributed by atoms with Gasteiger partial charge in [0.25, 0.3) is 0 Å². The molecule has 0 aromatic rings. The van der Waals surface area contributed by atoms with Crippen LogP contribution in [-0.2, 0) is 28.7 Å². The summed E-state index contributed by atoms with van der Waals surface area (Å²) in [4.78, 5) is 56.7. The van der Waals surface area contributed by atoms with E-state index in [9.17, 15) is 24.3 Å². The Hall–Kier alpha value is -2.24. The number of carbonyl (C=O) groups excluding carboxylic acids is 4. The third-order valence-corrected chi connectivity index (χ3v) is 8.87. The number of aliphatic hydroxyl groups is 1. The summed E-state index contributed by atoms with van der Waals surface area (Å²) >= 11 is 3.66. The zero-order valence-corrected chi connectivity index (χ0v) is 25.3. The molecule has 7 atom stereocenters. The number of unbranched alkanes of at least 4 members (excludes halogenated alkanes) is 2. The second-order valence-electron chi connectivity index (χ2n) is 10.9. The predicted molar refractivity (Wildman–Crippen MR) is 153 cm³/mol. The molecule has 2 bridgehead atoms. The minimum Gasteiger partial charge on any atom is -0.460 e. The van der Waals surface area contributed by atoms with E-state index in [1.165, 1.54) is 0 Å². The van der Waals surface area contributed by atoms with Crippen LogP contribution in [0.15, 0.2) is 25.3 Å². The molecule has 0 aromatic carbocycles. The van der Waals surface area contributed by atoms with Gasteiger partial charge in [-0.15, -0.1) is 13.2 Å². The Morgan fingerprint density at radius 2 is 2.05 bits per heavy atom. The monoisotopic (exact) mass is 625 g/mol. The molecule has 3 rings (SSSR count). The van der Waals surface area contributed by atoms with Gasteiger partial charge >= 0.3 is 5.97 Å². The molecule has 0 saturated carbocycles. The van der Waals surface area contributed by atoms with Gasteiger partial charge in [0.2, 0.25) is 17.7 Å². The van der Waals surface area contributed by atoms with Crippen molar-refractivity contribution in [3.05, 3.63) is 25.3 Å². The Bertz CT molecular complexity index is 962. The minimum absolute atomic E-state index is 0.0205. The van der Waals surface area contributed by atoms with Gasteiger partial charge in [0, 0.05) is 37.5 Å². The smallest absolute Gasteiger partial charge is 0.312 e. The molecule has 224 valence electrons. The zero-order valence-electron chi connectivity index (χ0n) is 23.7. The lowest BCUT2D eigenvalue weighted by Crippen LogP contribution is -2.57. The van der Waals surface area contributed by atoms with Gasteiger partial charge in [-0.25, -0.2) is 0 Å². The van der Waals surface area contributed by atoms with Gasteiger partial charge in [-0.05, 0) is 39.0 Å². The number of alkyl halides is 1. The maximum absolute atomic E-state index is 14.1. The Labute approximate surface area is 245 Å². The van der Waals surface area contributed by atoms with E-state index in [-0.39, 0.29) is 42.2 Å². The fourth-order valence-corrected chi connectivity index (χ4v) is 7.12. The average molecular weight is 627 g/mol. The number of amides is 3. The van der Waals surface area contributed by atoms with Crippen LogP contribution in [0.3, 0.4) is 0 Å². The largest absolute Gasteiger partial charge is 0.460 e. The predicted octanol–water partition coefficient (Wildman–Crippen LogP) is 2.34.